The topological polar surface area (TPSA) is 54.5 Å². The summed E-state index contributed by atoms with van der Waals surface area (Å²) in [5, 5.41) is 6.22. The summed E-state index contributed by atoms with van der Waals surface area (Å²) in [7, 11) is 0. The second-order valence-electron chi connectivity index (χ2n) is 6.85. The zero-order chi connectivity index (χ0) is 19.2. The van der Waals surface area contributed by atoms with Gasteiger partial charge in [-0.2, -0.15) is 0 Å². The summed E-state index contributed by atoms with van der Waals surface area (Å²) in [5.74, 6) is 0.660. The number of hydrogen-bond acceptors (Lipinski definition) is 5. The molecule has 0 spiro atoms. The van der Waals surface area contributed by atoms with Crippen LogP contribution in [0.2, 0.25) is 0 Å². The van der Waals surface area contributed by atoms with Crippen molar-refractivity contribution in [2.75, 3.05) is 18.0 Å². The average Bonchev–Trinajstić information content (AvgIpc) is 3.29. The molecule has 0 bridgehead atoms. The third kappa shape index (κ3) is 4.70. The van der Waals surface area contributed by atoms with Gasteiger partial charge in [0.15, 0.2) is 5.13 Å². The third-order valence-electron chi connectivity index (χ3n) is 4.86. The van der Waals surface area contributed by atoms with Gasteiger partial charge in [-0.1, -0.05) is 36.4 Å². The van der Waals surface area contributed by atoms with Crippen LogP contribution in [0, 0.1) is 0 Å². The molecule has 0 saturated carbocycles. The zero-order valence-electron chi connectivity index (χ0n) is 15.6. The lowest BCUT2D eigenvalue weighted by Crippen LogP contribution is -2.44. The van der Waals surface area contributed by atoms with Crippen molar-refractivity contribution < 1.29 is 9.53 Å². The molecule has 1 aliphatic rings. The number of carbonyl (C=O) groups is 1. The summed E-state index contributed by atoms with van der Waals surface area (Å²) >= 11 is 1.66. The maximum absolute atomic E-state index is 12.7. The van der Waals surface area contributed by atoms with Crippen molar-refractivity contribution >= 4 is 22.4 Å². The van der Waals surface area contributed by atoms with Gasteiger partial charge in [0.25, 0.3) is 5.91 Å². The smallest absolute Gasteiger partial charge is 0.251 e. The summed E-state index contributed by atoms with van der Waals surface area (Å²) in [6.45, 7) is 2.32. The van der Waals surface area contributed by atoms with Crippen LogP contribution in [0.4, 0.5) is 5.13 Å². The number of hydrogen-bond donors (Lipinski definition) is 1. The standard InChI is InChI=1S/C22H23N3O2S/c26-21(24-19-9-12-25(13-10-19)22-23-11-14-28-22)18-7-4-8-20(15-18)27-16-17-5-2-1-3-6-17/h1-8,11,14-15,19H,9-10,12-13,16H2,(H,24,26). The number of aromatic nitrogens is 1. The van der Waals surface area contributed by atoms with Crippen LogP contribution in [0.1, 0.15) is 28.8 Å². The lowest BCUT2D eigenvalue weighted by atomic mass is 10.0. The minimum atomic E-state index is -0.0436. The van der Waals surface area contributed by atoms with E-state index in [1.54, 1.807) is 11.3 Å². The second-order valence-corrected chi connectivity index (χ2v) is 7.72. The summed E-state index contributed by atoms with van der Waals surface area (Å²) in [5.41, 5.74) is 1.73. The summed E-state index contributed by atoms with van der Waals surface area (Å²) in [6, 6.07) is 17.6. The number of nitrogens with one attached hydrogen (secondary N) is 1. The molecule has 6 heteroatoms. The number of piperidine rings is 1. The molecule has 1 aromatic heterocycles. The van der Waals surface area contributed by atoms with Crippen molar-refractivity contribution in [3.8, 4) is 5.75 Å². The van der Waals surface area contributed by atoms with Crippen LogP contribution in [-0.2, 0) is 6.61 Å². The highest BCUT2D eigenvalue weighted by molar-refractivity contribution is 7.13. The van der Waals surface area contributed by atoms with E-state index in [9.17, 15) is 4.79 Å². The molecule has 1 saturated heterocycles. The highest BCUT2D eigenvalue weighted by Crippen LogP contribution is 2.22. The van der Waals surface area contributed by atoms with Gasteiger partial charge >= 0.3 is 0 Å². The zero-order valence-corrected chi connectivity index (χ0v) is 16.4. The summed E-state index contributed by atoms with van der Waals surface area (Å²) in [4.78, 5) is 19.3. The van der Waals surface area contributed by atoms with E-state index in [0.29, 0.717) is 17.9 Å². The molecule has 1 amide bonds. The van der Waals surface area contributed by atoms with Gasteiger partial charge in [-0.15, -0.1) is 11.3 Å². The quantitative estimate of drug-likeness (QED) is 0.684. The molecule has 0 unspecified atom stereocenters. The van der Waals surface area contributed by atoms with Gasteiger partial charge in [-0.05, 0) is 36.6 Å². The highest BCUT2D eigenvalue weighted by Gasteiger charge is 2.22. The first-order valence-electron chi connectivity index (χ1n) is 9.50. The summed E-state index contributed by atoms with van der Waals surface area (Å²) < 4.78 is 5.84. The molecular formula is C22H23N3O2S. The molecule has 1 N–H and O–H groups in total. The van der Waals surface area contributed by atoms with E-state index in [1.807, 2.05) is 66.2 Å². The van der Waals surface area contributed by atoms with Gasteiger partial charge in [0.05, 0.1) is 0 Å². The number of anilines is 1. The molecule has 2 heterocycles. The lowest BCUT2D eigenvalue weighted by molar-refractivity contribution is 0.0930. The molecule has 0 aliphatic carbocycles. The molecule has 144 valence electrons. The molecule has 5 nitrogen and oxygen atoms in total. The van der Waals surface area contributed by atoms with E-state index < -0.39 is 0 Å². The van der Waals surface area contributed by atoms with E-state index in [2.05, 4.69) is 15.2 Å². The fourth-order valence-electron chi connectivity index (χ4n) is 3.32. The maximum atomic E-state index is 12.7. The molecular weight excluding hydrogens is 370 g/mol. The van der Waals surface area contributed by atoms with Crippen molar-refractivity contribution in [2.45, 2.75) is 25.5 Å². The molecule has 0 atom stereocenters. The minimum Gasteiger partial charge on any atom is -0.489 e. The van der Waals surface area contributed by atoms with Gasteiger partial charge in [-0.25, -0.2) is 4.98 Å². The first-order valence-corrected chi connectivity index (χ1v) is 10.4. The summed E-state index contributed by atoms with van der Waals surface area (Å²) in [6.07, 6.45) is 3.69. The molecule has 28 heavy (non-hydrogen) atoms. The number of ether oxygens (including phenoxy) is 1. The molecule has 0 radical (unpaired) electrons. The number of carbonyl (C=O) groups excluding carboxylic acids is 1. The van der Waals surface area contributed by atoms with Crippen molar-refractivity contribution in [1.29, 1.82) is 0 Å². The fraction of sp³-hybridized carbons (Fsp3) is 0.273. The van der Waals surface area contributed by atoms with Crippen LogP contribution in [0.3, 0.4) is 0 Å². The van der Waals surface area contributed by atoms with E-state index in [1.165, 1.54) is 0 Å². The Kier molecular flexibility index (Phi) is 5.87. The van der Waals surface area contributed by atoms with E-state index >= 15 is 0 Å². The Labute approximate surface area is 169 Å². The Morgan fingerprint density at radius 3 is 2.71 bits per heavy atom. The monoisotopic (exact) mass is 393 g/mol. The van der Waals surface area contributed by atoms with E-state index in [4.69, 9.17) is 4.74 Å². The molecule has 1 fully saturated rings. The van der Waals surface area contributed by atoms with Crippen LogP contribution in [0.15, 0.2) is 66.2 Å². The first kappa shape index (κ1) is 18.5. The number of benzene rings is 2. The largest absolute Gasteiger partial charge is 0.489 e. The average molecular weight is 394 g/mol. The van der Waals surface area contributed by atoms with Gasteiger partial charge in [0.2, 0.25) is 0 Å². The number of rotatable bonds is 6. The van der Waals surface area contributed by atoms with Crippen LogP contribution in [0.25, 0.3) is 0 Å². The number of amides is 1. The van der Waals surface area contributed by atoms with Crippen LogP contribution in [-0.4, -0.2) is 30.0 Å². The predicted octanol–water partition coefficient (Wildman–Crippen LogP) is 4.12. The number of thiazole rings is 1. The lowest BCUT2D eigenvalue weighted by Gasteiger charge is -2.32. The fourth-order valence-corrected chi connectivity index (χ4v) is 4.02. The van der Waals surface area contributed by atoms with Gasteiger partial charge < -0.3 is 15.0 Å². The van der Waals surface area contributed by atoms with Crippen molar-refractivity contribution in [1.82, 2.24) is 10.3 Å². The Hall–Kier alpha value is -2.86. The normalized spacial score (nSPS) is 14.6. The highest BCUT2D eigenvalue weighted by atomic mass is 32.1. The van der Waals surface area contributed by atoms with Gasteiger partial charge in [-0.3, -0.25) is 4.79 Å². The Morgan fingerprint density at radius 1 is 1.14 bits per heavy atom. The maximum Gasteiger partial charge on any atom is 0.251 e. The van der Waals surface area contributed by atoms with Crippen molar-refractivity contribution in [2.24, 2.45) is 0 Å². The van der Waals surface area contributed by atoms with Gasteiger partial charge in [0, 0.05) is 36.3 Å². The predicted molar refractivity (Wildman–Crippen MR) is 112 cm³/mol. The third-order valence-corrected chi connectivity index (χ3v) is 5.70. The molecule has 2 aromatic carbocycles. The molecule has 1 aliphatic heterocycles. The van der Waals surface area contributed by atoms with E-state index in [-0.39, 0.29) is 11.9 Å². The molecule has 4 rings (SSSR count). The Bertz CT molecular complexity index is 891. The van der Waals surface area contributed by atoms with Crippen molar-refractivity contribution in [3.63, 3.8) is 0 Å². The van der Waals surface area contributed by atoms with E-state index in [0.717, 1.165) is 36.6 Å². The Balaban J connectivity index is 1.30. The first-order chi connectivity index (χ1) is 13.8. The number of nitrogens with zero attached hydrogens (tertiary/aromatic N) is 2. The second kappa shape index (κ2) is 8.89. The van der Waals surface area contributed by atoms with Crippen LogP contribution in [0.5, 0.6) is 5.75 Å². The Morgan fingerprint density at radius 2 is 1.96 bits per heavy atom. The minimum absolute atomic E-state index is 0.0436. The van der Waals surface area contributed by atoms with Crippen molar-refractivity contribution in [3.05, 3.63) is 77.3 Å². The van der Waals surface area contributed by atoms with Crippen LogP contribution >= 0.6 is 11.3 Å². The SMILES string of the molecule is O=C(NC1CCN(c2nccs2)CC1)c1cccc(OCc2ccccc2)c1. The van der Waals surface area contributed by atoms with Crippen LogP contribution < -0.4 is 15.0 Å². The van der Waals surface area contributed by atoms with Gasteiger partial charge in [0.1, 0.15) is 12.4 Å². The molecule has 3 aromatic rings.